The van der Waals surface area contributed by atoms with Crippen LogP contribution in [0.5, 0.6) is 5.75 Å². The van der Waals surface area contributed by atoms with Crippen molar-refractivity contribution in [3.05, 3.63) is 59.1 Å². The number of rotatable bonds is 4. The van der Waals surface area contributed by atoms with Crippen LogP contribution in [0.1, 0.15) is 5.56 Å². The highest BCUT2D eigenvalue weighted by Crippen LogP contribution is 2.26. The van der Waals surface area contributed by atoms with Crippen LogP contribution >= 0.6 is 11.6 Å². The minimum absolute atomic E-state index is 0.0161. The van der Waals surface area contributed by atoms with Gasteiger partial charge in [0.1, 0.15) is 11.9 Å². The summed E-state index contributed by atoms with van der Waals surface area (Å²) in [5.41, 5.74) is 1.75. The van der Waals surface area contributed by atoms with Crippen molar-refractivity contribution < 1.29 is 14.6 Å². The fraction of sp³-hybridized carbons (Fsp3) is 0.278. The van der Waals surface area contributed by atoms with Crippen molar-refractivity contribution in [1.82, 2.24) is 4.90 Å². The van der Waals surface area contributed by atoms with Crippen LogP contribution in [-0.4, -0.2) is 41.7 Å². The maximum absolute atomic E-state index is 12.4. The molecule has 6 heteroatoms. The van der Waals surface area contributed by atoms with Crippen LogP contribution < -0.4 is 5.32 Å². The Balaban J connectivity index is 1.59. The molecule has 126 valence electrons. The molecule has 2 aromatic carbocycles. The zero-order chi connectivity index (χ0) is 16.9. The summed E-state index contributed by atoms with van der Waals surface area (Å²) in [5, 5.41) is 12.4. The summed E-state index contributed by atoms with van der Waals surface area (Å²) in [4.78, 5) is 14.6. The molecule has 5 nitrogen and oxygen atoms in total. The Morgan fingerprint density at radius 2 is 2.08 bits per heavy atom. The highest BCUT2D eigenvalue weighted by atomic mass is 35.5. The summed E-state index contributed by atoms with van der Waals surface area (Å²) in [7, 11) is 0. The number of nitrogens with one attached hydrogen (secondary N) is 1. The molecule has 0 aliphatic carbocycles. The molecule has 24 heavy (non-hydrogen) atoms. The number of benzene rings is 2. The van der Waals surface area contributed by atoms with Crippen molar-refractivity contribution in [3.8, 4) is 5.75 Å². The summed E-state index contributed by atoms with van der Waals surface area (Å²) in [6, 6.07) is 14.7. The fourth-order valence-corrected chi connectivity index (χ4v) is 2.83. The number of phenolic OH excluding ortho intramolecular Hbond substituents is 1. The van der Waals surface area contributed by atoms with E-state index in [0.29, 0.717) is 18.8 Å². The Morgan fingerprint density at radius 1 is 1.29 bits per heavy atom. The Hall–Kier alpha value is -2.08. The second-order valence-electron chi connectivity index (χ2n) is 5.74. The van der Waals surface area contributed by atoms with Gasteiger partial charge in [0, 0.05) is 25.3 Å². The number of anilines is 1. The first kappa shape index (κ1) is 16.8. The summed E-state index contributed by atoms with van der Waals surface area (Å²) in [6.07, 6.45) is -0.532. The standard InChI is InChI=1S/C18H19ClN2O3/c19-15-10-14(6-7-16(15)22)20-18(23)17-12-21(8-9-24-17)11-13-4-2-1-3-5-13/h1-7,10,17,22H,8-9,11-12H2,(H,20,23)/t17-/m1/s1. The van der Waals surface area contributed by atoms with Crippen molar-refractivity contribution in [2.45, 2.75) is 12.6 Å². The third-order valence-electron chi connectivity index (χ3n) is 3.91. The van der Waals surface area contributed by atoms with Gasteiger partial charge in [0.05, 0.1) is 11.6 Å². The van der Waals surface area contributed by atoms with Crippen LogP contribution in [0.3, 0.4) is 0 Å². The molecule has 0 saturated carbocycles. The lowest BCUT2D eigenvalue weighted by Crippen LogP contribution is -2.47. The van der Waals surface area contributed by atoms with Gasteiger partial charge < -0.3 is 15.2 Å². The number of hydrogen-bond acceptors (Lipinski definition) is 4. The highest BCUT2D eigenvalue weighted by molar-refractivity contribution is 6.32. The van der Waals surface area contributed by atoms with Gasteiger partial charge in [0.25, 0.3) is 5.91 Å². The summed E-state index contributed by atoms with van der Waals surface area (Å²) in [6.45, 7) is 2.64. The average Bonchev–Trinajstić information content (AvgIpc) is 2.59. The van der Waals surface area contributed by atoms with Gasteiger partial charge in [-0.25, -0.2) is 0 Å². The predicted molar refractivity (Wildman–Crippen MR) is 93.2 cm³/mol. The minimum Gasteiger partial charge on any atom is -0.506 e. The first-order valence-corrected chi connectivity index (χ1v) is 8.17. The van der Waals surface area contributed by atoms with E-state index in [4.69, 9.17) is 16.3 Å². The molecule has 0 radical (unpaired) electrons. The molecule has 1 fully saturated rings. The van der Waals surface area contributed by atoms with E-state index in [2.05, 4.69) is 22.3 Å². The number of ether oxygens (including phenoxy) is 1. The molecule has 2 aromatic rings. The van der Waals surface area contributed by atoms with E-state index in [0.717, 1.165) is 13.1 Å². The smallest absolute Gasteiger partial charge is 0.254 e. The third kappa shape index (κ3) is 4.26. The Bertz CT molecular complexity index is 709. The molecule has 1 atom stereocenters. The van der Waals surface area contributed by atoms with E-state index >= 15 is 0 Å². The van der Waals surface area contributed by atoms with Crippen molar-refractivity contribution >= 4 is 23.2 Å². The molecular weight excluding hydrogens is 328 g/mol. The molecule has 1 saturated heterocycles. The van der Waals surface area contributed by atoms with Gasteiger partial charge in [-0.2, -0.15) is 0 Å². The number of aromatic hydroxyl groups is 1. The maximum Gasteiger partial charge on any atom is 0.254 e. The molecule has 1 aliphatic heterocycles. The lowest BCUT2D eigenvalue weighted by Gasteiger charge is -2.32. The minimum atomic E-state index is -0.532. The van der Waals surface area contributed by atoms with Crippen LogP contribution in [0.4, 0.5) is 5.69 Å². The number of halogens is 1. The van der Waals surface area contributed by atoms with Crippen molar-refractivity contribution in [2.75, 3.05) is 25.0 Å². The van der Waals surface area contributed by atoms with Crippen molar-refractivity contribution in [1.29, 1.82) is 0 Å². The second-order valence-corrected chi connectivity index (χ2v) is 6.14. The van der Waals surface area contributed by atoms with E-state index in [1.165, 1.54) is 17.7 Å². The highest BCUT2D eigenvalue weighted by Gasteiger charge is 2.26. The number of morpholine rings is 1. The molecule has 1 amide bonds. The van der Waals surface area contributed by atoms with E-state index in [1.54, 1.807) is 6.07 Å². The van der Waals surface area contributed by atoms with Gasteiger partial charge in [0.15, 0.2) is 0 Å². The molecular formula is C18H19ClN2O3. The first-order valence-electron chi connectivity index (χ1n) is 7.79. The van der Waals surface area contributed by atoms with Gasteiger partial charge >= 0.3 is 0 Å². The number of phenols is 1. The Kier molecular flexibility index (Phi) is 5.35. The predicted octanol–water partition coefficient (Wildman–Crippen LogP) is 2.89. The van der Waals surface area contributed by atoms with Gasteiger partial charge in [-0.15, -0.1) is 0 Å². The number of carbonyl (C=O) groups excluding carboxylic acids is 1. The summed E-state index contributed by atoms with van der Waals surface area (Å²) in [5.74, 6) is -0.230. The van der Waals surface area contributed by atoms with E-state index in [9.17, 15) is 9.90 Å². The van der Waals surface area contributed by atoms with Gasteiger partial charge in [0.2, 0.25) is 0 Å². The lowest BCUT2D eigenvalue weighted by atomic mass is 10.2. The molecule has 0 unspecified atom stereocenters. The molecule has 2 N–H and O–H groups in total. The maximum atomic E-state index is 12.4. The van der Waals surface area contributed by atoms with Gasteiger partial charge in [-0.1, -0.05) is 41.9 Å². The van der Waals surface area contributed by atoms with E-state index in [-0.39, 0.29) is 16.7 Å². The molecule has 1 heterocycles. The first-order chi connectivity index (χ1) is 11.6. The Morgan fingerprint density at radius 3 is 2.83 bits per heavy atom. The summed E-state index contributed by atoms with van der Waals surface area (Å²) >= 11 is 5.86. The number of hydrogen-bond donors (Lipinski definition) is 2. The van der Waals surface area contributed by atoms with Crippen LogP contribution in [-0.2, 0) is 16.1 Å². The molecule has 0 aromatic heterocycles. The van der Waals surface area contributed by atoms with E-state index < -0.39 is 6.10 Å². The van der Waals surface area contributed by atoms with Crippen molar-refractivity contribution in [3.63, 3.8) is 0 Å². The normalized spacial score (nSPS) is 18.3. The molecule has 3 rings (SSSR count). The van der Waals surface area contributed by atoms with E-state index in [1.807, 2.05) is 18.2 Å². The largest absolute Gasteiger partial charge is 0.506 e. The SMILES string of the molecule is O=C(Nc1ccc(O)c(Cl)c1)[C@H]1CN(Cc2ccccc2)CCO1. The molecule has 0 spiro atoms. The van der Waals surface area contributed by atoms with Crippen LogP contribution in [0.2, 0.25) is 5.02 Å². The third-order valence-corrected chi connectivity index (χ3v) is 4.21. The number of nitrogens with zero attached hydrogens (tertiary/aromatic N) is 1. The fourth-order valence-electron chi connectivity index (χ4n) is 2.65. The monoisotopic (exact) mass is 346 g/mol. The van der Waals surface area contributed by atoms with Gasteiger partial charge in [-0.05, 0) is 23.8 Å². The molecule has 1 aliphatic rings. The van der Waals surface area contributed by atoms with Crippen LogP contribution in [0.15, 0.2) is 48.5 Å². The van der Waals surface area contributed by atoms with Crippen LogP contribution in [0, 0.1) is 0 Å². The quantitative estimate of drug-likeness (QED) is 0.836. The van der Waals surface area contributed by atoms with Crippen molar-refractivity contribution in [2.24, 2.45) is 0 Å². The average molecular weight is 347 g/mol. The lowest BCUT2D eigenvalue weighted by molar-refractivity contribution is -0.133. The second kappa shape index (κ2) is 7.66. The number of amides is 1. The van der Waals surface area contributed by atoms with Gasteiger partial charge in [-0.3, -0.25) is 9.69 Å². The zero-order valence-corrected chi connectivity index (χ0v) is 13.9. The van der Waals surface area contributed by atoms with Crippen LogP contribution in [0.25, 0.3) is 0 Å². The zero-order valence-electron chi connectivity index (χ0n) is 13.1. The number of carbonyl (C=O) groups is 1. The Labute approximate surface area is 145 Å². The summed E-state index contributed by atoms with van der Waals surface area (Å²) < 4.78 is 5.60. The topological polar surface area (TPSA) is 61.8 Å². The molecule has 0 bridgehead atoms.